The van der Waals surface area contributed by atoms with E-state index in [0.29, 0.717) is 0 Å². The van der Waals surface area contributed by atoms with E-state index in [1.807, 2.05) is 0 Å². The molecule has 1 rings (SSSR count). The third-order valence-electron chi connectivity index (χ3n) is 1.39. The van der Waals surface area contributed by atoms with Gasteiger partial charge in [0, 0.05) is 6.20 Å². The maximum Gasteiger partial charge on any atom is 0.335 e. The van der Waals surface area contributed by atoms with E-state index in [2.05, 4.69) is 4.98 Å². The van der Waals surface area contributed by atoms with Gasteiger partial charge in [0.05, 0.1) is 4.88 Å². The third kappa shape index (κ3) is 2.14. The lowest BCUT2D eigenvalue weighted by molar-refractivity contribution is -0.152. The number of aliphatic carboxylic acids is 1. The van der Waals surface area contributed by atoms with Crippen LogP contribution < -0.4 is 5.73 Å². The number of carboxylic acids is 1. The zero-order valence-electron chi connectivity index (χ0n) is 6.41. The molecular formula is C6H8N2O4S. The maximum absolute atomic E-state index is 10.3. The Morgan fingerprint density at radius 1 is 1.62 bits per heavy atom. The summed E-state index contributed by atoms with van der Waals surface area (Å²) in [5.41, 5.74) is 5.26. The summed E-state index contributed by atoms with van der Waals surface area (Å²) < 4.78 is 0. The number of hydrogen-bond acceptors (Lipinski definition) is 6. The Bertz CT molecular complexity index is 313. The van der Waals surface area contributed by atoms with Crippen LogP contribution in [0.15, 0.2) is 6.20 Å². The quantitative estimate of drug-likeness (QED) is 0.512. The van der Waals surface area contributed by atoms with Crippen LogP contribution >= 0.6 is 11.3 Å². The second-order valence-corrected chi connectivity index (χ2v) is 3.42. The largest absolute Gasteiger partial charge is 0.479 e. The van der Waals surface area contributed by atoms with Crippen molar-refractivity contribution in [1.29, 1.82) is 0 Å². The second-order valence-electron chi connectivity index (χ2n) is 2.33. The summed E-state index contributed by atoms with van der Waals surface area (Å²) in [5.74, 6) is -1.49. The molecule has 0 aliphatic rings. The van der Waals surface area contributed by atoms with Gasteiger partial charge in [0.2, 0.25) is 0 Å². The highest BCUT2D eigenvalue weighted by molar-refractivity contribution is 7.15. The molecule has 0 aromatic carbocycles. The topological polar surface area (TPSA) is 117 Å². The van der Waals surface area contributed by atoms with Crippen LogP contribution in [0, 0.1) is 0 Å². The maximum atomic E-state index is 10.3. The summed E-state index contributed by atoms with van der Waals surface area (Å²) in [6.45, 7) is 0. The molecule has 2 unspecified atom stereocenters. The normalized spacial score (nSPS) is 15.2. The number of aromatic nitrogens is 1. The van der Waals surface area contributed by atoms with Gasteiger partial charge in [-0.15, -0.1) is 0 Å². The number of nitrogens with zero attached hydrogens (tertiary/aromatic N) is 1. The molecular weight excluding hydrogens is 196 g/mol. The zero-order valence-corrected chi connectivity index (χ0v) is 7.23. The lowest BCUT2D eigenvalue weighted by Crippen LogP contribution is -2.26. The van der Waals surface area contributed by atoms with Crippen LogP contribution in [-0.4, -0.2) is 32.4 Å². The van der Waals surface area contributed by atoms with Crippen molar-refractivity contribution in [3.05, 3.63) is 11.1 Å². The molecule has 0 aliphatic heterocycles. The van der Waals surface area contributed by atoms with Crippen LogP contribution in [-0.2, 0) is 4.79 Å². The van der Waals surface area contributed by atoms with Crippen LogP contribution in [0.4, 0.5) is 5.13 Å². The van der Waals surface area contributed by atoms with Gasteiger partial charge in [-0.2, -0.15) is 0 Å². The number of anilines is 1. The van der Waals surface area contributed by atoms with E-state index >= 15 is 0 Å². The minimum atomic E-state index is -1.85. The van der Waals surface area contributed by atoms with E-state index in [1.165, 1.54) is 6.20 Å². The Morgan fingerprint density at radius 2 is 2.23 bits per heavy atom. The average Bonchev–Trinajstić information content (AvgIpc) is 2.49. The number of aliphatic hydroxyl groups is 2. The summed E-state index contributed by atoms with van der Waals surface area (Å²) in [7, 11) is 0. The van der Waals surface area contributed by atoms with Gasteiger partial charge in [-0.05, 0) is 0 Å². The first-order chi connectivity index (χ1) is 6.02. The van der Waals surface area contributed by atoms with E-state index in [1.54, 1.807) is 0 Å². The molecule has 1 heterocycles. The van der Waals surface area contributed by atoms with Gasteiger partial charge in [-0.1, -0.05) is 11.3 Å². The number of carbonyl (C=O) groups is 1. The molecule has 0 fully saturated rings. The van der Waals surface area contributed by atoms with Gasteiger partial charge >= 0.3 is 5.97 Å². The van der Waals surface area contributed by atoms with E-state index in [9.17, 15) is 9.90 Å². The number of nitrogen functional groups attached to an aromatic ring is 1. The predicted octanol–water partition coefficient (Wildman–Crippen LogP) is -0.796. The molecule has 13 heavy (non-hydrogen) atoms. The first-order valence-corrected chi connectivity index (χ1v) is 4.14. The molecule has 1 aromatic heterocycles. The molecule has 0 aliphatic carbocycles. The Kier molecular flexibility index (Phi) is 2.81. The van der Waals surface area contributed by atoms with Gasteiger partial charge in [-0.3, -0.25) is 0 Å². The van der Waals surface area contributed by atoms with Crippen molar-refractivity contribution in [3.8, 4) is 0 Å². The fraction of sp³-hybridized carbons (Fsp3) is 0.333. The summed E-state index contributed by atoms with van der Waals surface area (Å²) in [6.07, 6.45) is -2.09. The number of nitrogens with two attached hydrogens (primary N) is 1. The molecule has 1 aromatic rings. The fourth-order valence-corrected chi connectivity index (χ4v) is 1.43. The average molecular weight is 204 g/mol. The molecule has 0 saturated carbocycles. The molecule has 0 radical (unpaired) electrons. The number of rotatable bonds is 3. The van der Waals surface area contributed by atoms with Crippen molar-refractivity contribution in [2.45, 2.75) is 12.2 Å². The lowest BCUT2D eigenvalue weighted by atomic mass is 10.2. The van der Waals surface area contributed by atoms with E-state index in [4.69, 9.17) is 15.9 Å². The van der Waals surface area contributed by atoms with Crippen LogP contribution in [0.25, 0.3) is 0 Å². The molecule has 0 bridgehead atoms. The highest BCUT2D eigenvalue weighted by Crippen LogP contribution is 2.24. The SMILES string of the molecule is Nc1ncc(C(O)C(O)C(=O)O)s1. The Hall–Kier alpha value is -1.18. The van der Waals surface area contributed by atoms with E-state index < -0.39 is 18.2 Å². The van der Waals surface area contributed by atoms with Crippen molar-refractivity contribution in [2.24, 2.45) is 0 Å². The molecule has 6 nitrogen and oxygen atoms in total. The van der Waals surface area contributed by atoms with Crippen molar-refractivity contribution in [2.75, 3.05) is 5.73 Å². The van der Waals surface area contributed by atoms with Gasteiger partial charge in [0.1, 0.15) is 6.10 Å². The highest BCUT2D eigenvalue weighted by Gasteiger charge is 2.26. The van der Waals surface area contributed by atoms with Crippen LogP contribution in [0.5, 0.6) is 0 Å². The number of aliphatic hydroxyl groups excluding tert-OH is 2. The first-order valence-electron chi connectivity index (χ1n) is 3.32. The molecule has 2 atom stereocenters. The Balaban J connectivity index is 2.78. The van der Waals surface area contributed by atoms with Crippen LogP contribution in [0.1, 0.15) is 11.0 Å². The number of carboxylic acid groups (broad SMARTS) is 1. The fourth-order valence-electron chi connectivity index (χ4n) is 0.728. The standard InChI is InChI=1S/C6H8N2O4S/c7-6-8-1-2(13-6)3(9)4(10)5(11)12/h1,3-4,9-10H,(H2,7,8)(H,11,12). The van der Waals surface area contributed by atoms with Gasteiger partial charge < -0.3 is 21.1 Å². The lowest BCUT2D eigenvalue weighted by Gasteiger charge is -2.10. The van der Waals surface area contributed by atoms with Gasteiger partial charge in [-0.25, -0.2) is 9.78 Å². The highest BCUT2D eigenvalue weighted by atomic mass is 32.1. The molecule has 5 N–H and O–H groups in total. The van der Waals surface area contributed by atoms with E-state index in [-0.39, 0.29) is 10.0 Å². The monoisotopic (exact) mass is 204 g/mol. The minimum Gasteiger partial charge on any atom is -0.479 e. The molecule has 7 heteroatoms. The molecule has 72 valence electrons. The van der Waals surface area contributed by atoms with Crippen LogP contribution in [0.3, 0.4) is 0 Å². The summed E-state index contributed by atoms with van der Waals surface area (Å²) in [4.78, 5) is 14.1. The molecule has 0 spiro atoms. The predicted molar refractivity (Wildman–Crippen MR) is 45.1 cm³/mol. The van der Waals surface area contributed by atoms with Crippen LogP contribution in [0.2, 0.25) is 0 Å². The van der Waals surface area contributed by atoms with Crippen molar-refractivity contribution in [3.63, 3.8) is 0 Å². The third-order valence-corrected chi connectivity index (χ3v) is 2.28. The number of hydrogen-bond donors (Lipinski definition) is 4. The van der Waals surface area contributed by atoms with Gasteiger partial charge in [0.15, 0.2) is 11.2 Å². The second kappa shape index (κ2) is 3.69. The summed E-state index contributed by atoms with van der Waals surface area (Å²) >= 11 is 0.935. The Morgan fingerprint density at radius 3 is 2.62 bits per heavy atom. The number of thiazole rings is 1. The minimum absolute atomic E-state index is 0.214. The van der Waals surface area contributed by atoms with Crippen molar-refractivity contribution < 1.29 is 20.1 Å². The zero-order chi connectivity index (χ0) is 10.0. The van der Waals surface area contributed by atoms with Crippen molar-refractivity contribution >= 4 is 22.4 Å². The molecule has 0 amide bonds. The summed E-state index contributed by atoms with van der Waals surface area (Å²) in [5, 5.41) is 26.8. The van der Waals surface area contributed by atoms with Gasteiger partial charge in [0.25, 0.3) is 0 Å². The first kappa shape index (κ1) is 9.90. The van der Waals surface area contributed by atoms with E-state index in [0.717, 1.165) is 11.3 Å². The smallest absolute Gasteiger partial charge is 0.335 e. The summed E-state index contributed by atoms with van der Waals surface area (Å²) in [6, 6.07) is 0. The molecule has 0 saturated heterocycles. The van der Waals surface area contributed by atoms with Crippen molar-refractivity contribution in [1.82, 2.24) is 4.98 Å². The Labute approximate surface area is 77.3 Å².